The number of benzene rings is 1. The molecular formula is C15H12F4N2O3S. The van der Waals surface area contributed by atoms with Crippen LogP contribution in [0.5, 0.6) is 0 Å². The van der Waals surface area contributed by atoms with Crippen molar-refractivity contribution in [3.63, 3.8) is 0 Å². The average molecular weight is 376 g/mol. The first-order valence-electron chi connectivity index (χ1n) is 6.94. The van der Waals surface area contributed by atoms with Crippen LogP contribution in [0.15, 0.2) is 29.6 Å². The Morgan fingerprint density at radius 1 is 1.28 bits per heavy atom. The summed E-state index contributed by atoms with van der Waals surface area (Å²) in [5.74, 6) is -3.28. The maximum absolute atomic E-state index is 13.6. The number of carbonyl (C=O) groups is 2. The molecule has 1 amide bonds. The molecule has 0 aliphatic rings. The van der Waals surface area contributed by atoms with E-state index in [0.717, 1.165) is 11.3 Å². The number of thiazole rings is 1. The summed E-state index contributed by atoms with van der Waals surface area (Å²) >= 11 is 1.02. The lowest BCUT2D eigenvalue weighted by Gasteiger charge is -2.15. The molecule has 1 aromatic heterocycles. The van der Waals surface area contributed by atoms with Crippen molar-refractivity contribution in [1.82, 2.24) is 10.3 Å². The van der Waals surface area contributed by atoms with Crippen LogP contribution >= 0.6 is 11.3 Å². The van der Waals surface area contributed by atoms with E-state index < -0.39 is 36.3 Å². The molecule has 25 heavy (non-hydrogen) atoms. The summed E-state index contributed by atoms with van der Waals surface area (Å²) in [6.07, 6.45) is -6.33. The van der Waals surface area contributed by atoms with Gasteiger partial charge in [0.05, 0.1) is 11.4 Å². The van der Waals surface area contributed by atoms with E-state index in [9.17, 15) is 27.2 Å². The van der Waals surface area contributed by atoms with Gasteiger partial charge in [0.2, 0.25) is 0 Å². The van der Waals surface area contributed by atoms with Gasteiger partial charge in [-0.3, -0.25) is 4.79 Å². The Labute approximate surface area is 143 Å². The monoisotopic (exact) mass is 376 g/mol. The average Bonchev–Trinajstić information content (AvgIpc) is 2.96. The SMILES string of the molecule is O=C(NC(CC(F)(F)F)C(=O)O)c1csc(Cc2ccccc2F)n1. The Kier molecular flexibility index (Phi) is 5.73. The fourth-order valence-electron chi connectivity index (χ4n) is 1.96. The molecule has 2 N–H and O–H groups in total. The van der Waals surface area contributed by atoms with Gasteiger partial charge in [-0.05, 0) is 11.6 Å². The molecule has 0 saturated carbocycles. The third-order valence-electron chi connectivity index (χ3n) is 3.12. The van der Waals surface area contributed by atoms with Gasteiger partial charge in [-0.1, -0.05) is 18.2 Å². The fourth-order valence-corrected chi connectivity index (χ4v) is 2.76. The first-order valence-corrected chi connectivity index (χ1v) is 7.82. The number of carboxylic acids is 1. The van der Waals surface area contributed by atoms with Crippen molar-refractivity contribution in [3.05, 3.63) is 51.7 Å². The highest BCUT2D eigenvalue weighted by atomic mass is 32.1. The van der Waals surface area contributed by atoms with Crippen LogP contribution in [0.3, 0.4) is 0 Å². The summed E-state index contributed by atoms with van der Waals surface area (Å²) < 4.78 is 50.6. The molecule has 2 rings (SSSR count). The lowest BCUT2D eigenvalue weighted by atomic mass is 10.1. The summed E-state index contributed by atoms with van der Waals surface area (Å²) in [5.41, 5.74) is 0.133. The van der Waals surface area contributed by atoms with E-state index in [1.807, 2.05) is 0 Å². The Morgan fingerprint density at radius 3 is 2.56 bits per heavy atom. The summed E-state index contributed by atoms with van der Waals surface area (Å²) in [7, 11) is 0. The Hall–Kier alpha value is -2.49. The number of aromatic nitrogens is 1. The zero-order chi connectivity index (χ0) is 18.6. The molecule has 134 valence electrons. The molecule has 2 aromatic rings. The van der Waals surface area contributed by atoms with Crippen molar-refractivity contribution in [2.24, 2.45) is 0 Å². The zero-order valence-corrected chi connectivity index (χ0v) is 13.3. The van der Waals surface area contributed by atoms with Crippen molar-refractivity contribution >= 4 is 23.2 Å². The standard InChI is InChI=1S/C15H12F4N2O3S/c16-9-4-2-1-3-8(9)5-12-20-11(7-25-12)13(22)21-10(14(23)24)6-15(17,18)19/h1-4,7,10H,5-6H2,(H,21,22)(H,23,24). The van der Waals surface area contributed by atoms with Gasteiger partial charge in [0.15, 0.2) is 0 Å². The van der Waals surface area contributed by atoms with Crippen LogP contribution in [-0.2, 0) is 11.2 Å². The second-order valence-electron chi connectivity index (χ2n) is 5.08. The highest BCUT2D eigenvalue weighted by molar-refractivity contribution is 7.09. The van der Waals surface area contributed by atoms with Gasteiger partial charge in [0.1, 0.15) is 17.6 Å². The molecule has 0 fully saturated rings. The molecule has 1 unspecified atom stereocenters. The van der Waals surface area contributed by atoms with Crippen LogP contribution in [0.1, 0.15) is 27.5 Å². The first-order chi connectivity index (χ1) is 11.7. The number of nitrogens with zero attached hydrogens (tertiary/aromatic N) is 1. The maximum atomic E-state index is 13.6. The number of hydrogen-bond acceptors (Lipinski definition) is 4. The molecule has 0 radical (unpaired) electrons. The predicted octanol–water partition coefficient (Wildman–Crippen LogP) is 3.01. The third-order valence-corrected chi connectivity index (χ3v) is 3.97. The smallest absolute Gasteiger partial charge is 0.391 e. The molecule has 10 heteroatoms. The van der Waals surface area contributed by atoms with Gasteiger partial charge in [0, 0.05) is 11.8 Å². The molecule has 0 aliphatic carbocycles. The molecular weight excluding hydrogens is 364 g/mol. The van der Waals surface area contributed by atoms with Gasteiger partial charge in [-0.15, -0.1) is 11.3 Å². The number of hydrogen-bond donors (Lipinski definition) is 2. The van der Waals surface area contributed by atoms with Crippen molar-refractivity contribution in [2.75, 3.05) is 0 Å². The molecule has 1 atom stereocenters. The van der Waals surface area contributed by atoms with E-state index in [1.54, 1.807) is 17.4 Å². The first kappa shape index (κ1) is 18.8. The number of alkyl halides is 3. The lowest BCUT2D eigenvalue weighted by Crippen LogP contribution is -2.43. The van der Waals surface area contributed by atoms with Crippen LogP contribution in [-0.4, -0.2) is 34.2 Å². The van der Waals surface area contributed by atoms with Gasteiger partial charge in [-0.25, -0.2) is 14.2 Å². The predicted molar refractivity (Wildman–Crippen MR) is 80.9 cm³/mol. The highest BCUT2D eigenvalue weighted by Gasteiger charge is 2.36. The number of halogens is 4. The lowest BCUT2D eigenvalue weighted by molar-refractivity contribution is -0.157. The molecule has 0 aliphatic heterocycles. The zero-order valence-electron chi connectivity index (χ0n) is 12.5. The van der Waals surface area contributed by atoms with E-state index >= 15 is 0 Å². The minimum atomic E-state index is -4.74. The van der Waals surface area contributed by atoms with Crippen LogP contribution in [0, 0.1) is 5.82 Å². The summed E-state index contributed by atoms with van der Waals surface area (Å²) in [4.78, 5) is 26.7. The van der Waals surface area contributed by atoms with E-state index in [2.05, 4.69) is 4.98 Å². The molecule has 1 heterocycles. The number of nitrogens with one attached hydrogen (secondary N) is 1. The summed E-state index contributed by atoms with van der Waals surface area (Å²) in [5, 5.41) is 12.2. The van der Waals surface area contributed by atoms with Crippen molar-refractivity contribution in [3.8, 4) is 0 Å². The summed E-state index contributed by atoms with van der Waals surface area (Å²) in [6.45, 7) is 0. The van der Waals surface area contributed by atoms with Crippen molar-refractivity contribution in [1.29, 1.82) is 0 Å². The molecule has 0 spiro atoms. The second kappa shape index (κ2) is 7.60. The normalized spacial score (nSPS) is 12.6. The van der Waals surface area contributed by atoms with Crippen LogP contribution in [0.25, 0.3) is 0 Å². The Balaban J connectivity index is 2.06. The molecule has 0 saturated heterocycles. The summed E-state index contributed by atoms with van der Waals surface area (Å²) in [6, 6.07) is 3.86. The van der Waals surface area contributed by atoms with Crippen LogP contribution in [0.4, 0.5) is 17.6 Å². The van der Waals surface area contributed by atoms with Crippen LogP contribution < -0.4 is 5.32 Å². The van der Waals surface area contributed by atoms with Crippen LogP contribution in [0.2, 0.25) is 0 Å². The van der Waals surface area contributed by atoms with Gasteiger partial charge in [0.25, 0.3) is 5.91 Å². The van der Waals surface area contributed by atoms with E-state index in [4.69, 9.17) is 5.11 Å². The molecule has 1 aromatic carbocycles. The number of rotatable bonds is 6. The Bertz CT molecular complexity index is 776. The van der Waals surface area contributed by atoms with Crippen molar-refractivity contribution in [2.45, 2.75) is 25.1 Å². The second-order valence-corrected chi connectivity index (χ2v) is 6.02. The van der Waals surface area contributed by atoms with Gasteiger partial charge in [-0.2, -0.15) is 13.2 Å². The van der Waals surface area contributed by atoms with E-state index in [0.29, 0.717) is 10.6 Å². The Morgan fingerprint density at radius 2 is 1.96 bits per heavy atom. The third kappa shape index (κ3) is 5.52. The minimum absolute atomic E-state index is 0.107. The quantitative estimate of drug-likeness (QED) is 0.760. The highest BCUT2D eigenvalue weighted by Crippen LogP contribution is 2.22. The molecule has 0 bridgehead atoms. The van der Waals surface area contributed by atoms with Gasteiger partial charge < -0.3 is 10.4 Å². The largest absolute Gasteiger partial charge is 0.480 e. The number of aliphatic carboxylic acids is 1. The van der Waals surface area contributed by atoms with Crippen molar-refractivity contribution < 1.29 is 32.3 Å². The fraction of sp³-hybridized carbons (Fsp3) is 0.267. The van der Waals surface area contributed by atoms with Gasteiger partial charge >= 0.3 is 12.1 Å². The number of carbonyl (C=O) groups excluding carboxylic acids is 1. The van der Waals surface area contributed by atoms with E-state index in [-0.39, 0.29) is 12.1 Å². The maximum Gasteiger partial charge on any atom is 0.391 e. The minimum Gasteiger partial charge on any atom is -0.480 e. The number of amides is 1. The topological polar surface area (TPSA) is 79.3 Å². The van der Waals surface area contributed by atoms with E-state index in [1.165, 1.54) is 17.5 Å². The molecule has 5 nitrogen and oxygen atoms in total. The number of carboxylic acid groups (broad SMARTS) is 1.